The first-order valence-electron chi connectivity index (χ1n) is 8.05. The van der Waals surface area contributed by atoms with Gasteiger partial charge in [-0.2, -0.15) is 0 Å². The third kappa shape index (κ3) is 3.10. The van der Waals surface area contributed by atoms with Gasteiger partial charge in [-0.1, -0.05) is 18.6 Å². The molecule has 0 radical (unpaired) electrons. The molecule has 2 unspecified atom stereocenters. The highest BCUT2D eigenvalue weighted by Crippen LogP contribution is 2.31. The molecular formula is C15H24N4O2. The Labute approximate surface area is 125 Å². The van der Waals surface area contributed by atoms with Crippen LogP contribution in [0.2, 0.25) is 0 Å². The van der Waals surface area contributed by atoms with Gasteiger partial charge in [0.25, 0.3) is 0 Å². The molecule has 6 heteroatoms. The van der Waals surface area contributed by atoms with Crippen LogP contribution in [-0.4, -0.2) is 43.6 Å². The molecule has 116 valence electrons. The standard InChI is InChI=1S/C15H24N4O2/c1-2-11-6-7-14(15(20)21)18(8-11)9-12-10-19(17-16-12)13-4-3-5-13/h10-11,13-14H,2-9H2,1H3,(H,20,21). The zero-order valence-electron chi connectivity index (χ0n) is 12.6. The second kappa shape index (κ2) is 6.13. The van der Waals surface area contributed by atoms with Crippen LogP contribution >= 0.6 is 0 Å². The normalized spacial score (nSPS) is 27.5. The van der Waals surface area contributed by atoms with Crippen LogP contribution in [-0.2, 0) is 11.3 Å². The van der Waals surface area contributed by atoms with E-state index < -0.39 is 5.97 Å². The van der Waals surface area contributed by atoms with Crippen molar-refractivity contribution in [3.63, 3.8) is 0 Å². The molecule has 0 spiro atoms. The Hall–Kier alpha value is -1.43. The Morgan fingerprint density at radius 2 is 2.19 bits per heavy atom. The summed E-state index contributed by atoms with van der Waals surface area (Å²) < 4.78 is 1.95. The molecule has 1 aliphatic heterocycles. The second-order valence-electron chi connectivity index (χ2n) is 6.41. The van der Waals surface area contributed by atoms with E-state index in [0.29, 0.717) is 18.5 Å². The van der Waals surface area contributed by atoms with E-state index in [0.717, 1.165) is 31.5 Å². The lowest BCUT2D eigenvalue weighted by atomic mass is 9.91. The van der Waals surface area contributed by atoms with Crippen LogP contribution < -0.4 is 0 Å². The smallest absolute Gasteiger partial charge is 0.320 e. The molecule has 2 fully saturated rings. The fraction of sp³-hybridized carbons (Fsp3) is 0.800. The molecule has 21 heavy (non-hydrogen) atoms. The van der Waals surface area contributed by atoms with Gasteiger partial charge in [0, 0.05) is 13.1 Å². The average Bonchev–Trinajstić information content (AvgIpc) is 2.84. The molecule has 2 heterocycles. The van der Waals surface area contributed by atoms with E-state index in [1.807, 2.05) is 10.9 Å². The molecule has 2 atom stereocenters. The Balaban J connectivity index is 1.67. The number of aliphatic carboxylic acids is 1. The van der Waals surface area contributed by atoms with Crippen molar-refractivity contribution in [2.45, 2.75) is 64.1 Å². The number of piperidine rings is 1. The Bertz CT molecular complexity index is 498. The van der Waals surface area contributed by atoms with E-state index in [1.54, 1.807) is 0 Å². The van der Waals surface area contributed by atoms with Crippen molar-refractivity contribution in [2.75, 3.05) is 6.54 Å². The zero-order valence-corrected chi connectivity index (χ0v) is 12.6. The highest BCUT2D eigenvalue weighted by molar-refractivity contribution is 5.73. The second-order valence-corrected chi connectivity index (χ2v) is 6.41. The third-order valence-electron chi connectivity index (χ3n) is 5.02. The van der Waals surface area contributed by atoms with E-state index in [1.165, 1.54) is 19.3 Å². The quantitative estimate of drug-likeness (QED) is 0.899. The van der Waals surface area contributed by atoms with E-state index >= 15 is 0 Å². The predicted molar refractivity (Wildman–Crippen MR) is 77.8 cm³/mol. The van der Waals surface area contributed by atoms with Crippen molar-refractivity contribution in [2.24, 2.45) is 5.92 Å². The summed E-state index contributed by atoms with van der Waals surface area (Å²) >= 11 is 0. The lowest BCUT2D eigenvalue weighted by Crippen LogP contribution is -2.47. The SMILES string of the molecule is CCC1CCC(C(=O)O)N(Cc2cn(C3CCC3)nn2)C1. The lowest BCUT2D eigenvalue weighted by molar-refractivity contribution is -0.145. The van der Waals surface area contributed by atoms with Crippen molar-refractivity contribution >= 4 is 5.97 Å². The van der Waals surface area contributed by atoms with Gasteiger partial charge in [-0.15, -0.1) is 5.10 Å². The van der Waals surface area contributed by atoms with Crippen LogP contribution in [0, 0.1) is 5.92 Å². The first-order valence-corrected chi connectivity index (χ1v) is 8.05. The zero-order chi connectivity index (χ0) is 14.8. The highest BCUT2D eigenvalue weighted by atomic mass is 16.4. The molecule has 6 nitrogen and oxygen atoms in total. The van der Waals surface area contributed by atoms with Gasteiger partial charge in [-0.3, -0.25) is 9.69 Å². The van der Waals surface area contributed by atoms with Crippen LogP contribution in [0.1, 0.15) is 57.2 Å². The fourth-order valence-corrected chi connectivity index (χ4v) is 3.34. The van der Waals surface area contributed by atoms with Gasteiger partial charge < -0.3 is 5.11 Å². The molecule has 1 N–H and O–H groups in total. The minimum atomic E-state index is -0.712. The highest BCUT2D eigenvalue weighted by Gasteiger charge is 2.33. The fourth-order valence-electron chi connectivity index (χ4n) is 3.34. The Morgan fingerprint density at radius 3 is 2.81 bits per heavy atom. The van der Waals surface area contributed by atoms with Crippen molar-refractivity contribution in [3.05, 3.63) is 11.9 Å². The number of hydrogen-bond donors (Lipinski definition) is 1. The number of nitrogens with zero attached hydrogens (tertiary/aromatic N) is 4. The van der Waals surface area contributed by atoms with Gasteiger partial charge in [-0.05, 0) is 38.0 Å². The molecule has 0 bridgehead atoms. The van der Waals surface area contributed by atoms with Crippen LogP contribution in [0.15, 0.2) is 6.20 Å². The summed E-state index contributed by atoms with van der Waals surface area (Å²) in [5, 5.41) is 17.8. The van der Waals surface area contributed by atoms with Gasteiger partial charge in [0.05, 0.1) is 17.9 Å². The first-order chi connectivity index (χ1) is 10.2. The van der Waals surface area contributed by atoms with Gasteiger partial charge in [-0.25, -0.2) is 4.68 Å². The average molecular weight is 292 g/mol. The maximum Gasteiger partial charge on any atom is 0.320 e. The van der Waals surface area contributed by atoms with Crippen LogP contribution in [0.5, 0.6) is 0 Å². The maximum atomic E-state index is 11.4. The van der Waals surface area contributed by atoms with Crippen LogP contribution in [0.25, 0.3) is 0 Å². The van der Waals surface area contributed by atoms with Crippen LogP contribution in [0.3, 0.4) is 0 Å². The number of carboxylic acids is 1. The number of rotatable bonds is 5. The van der Waals surface area contributed by atoms with Crippen molar-refractivity contribution < 1.29 is 9.90 Å². The Kier molecular flexibility index (Phi) is 4.24. The summed E-state index contributed by atoms with van der Waals surface area (Å²) in [6.07, 6.45) is 8.49. The molecule has 2 aliphatic rings. The van der Waals surface area contributed by atoms with Crippen molar-refractivity contribution in [1.29, 1.82) is 0 Å². The van der Waals surface area contributed by atoms with Crippen LogP contribution in [0.4, 0.5) is 0 Å². The molecule has 3 rings (SSSR count). The minimum Gasteiger partial charge on any atom is -0.480 e. The van der Waals surface area contributed by atoms with Gasteiger partial charge in [0.15, 0.2) is 0 Å². The minimum absolute atomic E-state index is 0.373. The number of likely N-dealkylation sites (tertiary alicyclic amines) is 1. The van der Waals surface area contributed by atoms with E-state index in [4.69, 9.17) is 0 Å². The molecule has 0 aromatic carbocycles. The molecule has 1 aromatic heterocycles. The summed E-state index contributed by atoms with van der Waals surface area (Å²) in [5.74, 6) is -0.113. The molecule has 1 saturated heterocycles. The summed E-state index contributed by atoms with van der Waals surface area (Å²) in [7, 11) is 0. The van der Waals surface area contributed by atoms with Gasteiger partial charge in [0.2, 0.25) is 0 Å². The summed E-state index contributed by atoms with van der Waals surface area (Å²) in [5.41, 5.74) is 0.893. The van der Waals surface area contributed by atoms with Crippen molar-refractivity contribution in [3.8, 4) is 0 Å². The molecule has 0 amide bonds. The van der Waals surface area contributed by atoms with Crippen molar-refractivity contribution in [1.82, 2.24) is 19.9 Å². The summed E-state index contributed by atoms with van der Waals surface area (Å²) in [4.78, 5) is 13.5. The number of hydrogen-bond acceptors (Lipinski definition) is 4. The van der Waals surface area contributed by atoms with E-state index in [2.05, 4.69) is 22.1 Å². The number of aromatic nitrogens is 3. The Morgan fingerprint density at radius 1 is 1.38 bits per heavy atom. The predicted octanol–water partition coefficient (Wildman–Crippen LogP) is 2.08. The number of carboxylic acid groups (broad SMARTS) is 1. The monoisotopic (exact) mass is 292 g/mol. The summed E-state index contributed by atoms with van der Waals surface area (Å²) in [6, 6.07) is 0.132. The largest absolute Gasteiger partial charge is 0.480 e. The first kappa shape index (κ1) is 14.5. The summed E-state index contributed by atoms with van der Waals surface area (Å²) in [6.45, 7) is 3.63. The number of carbonyl (C=O) groups is 1. The van der Waals surface area contributed by atoms with Gasteiger partial charge >= 0.3 is 5.97 Å². The topological polar surface area (TPSA) is 71.2 Å². The lowest BCUT2D eigenvalue weighted by Gasteiger charge is -2.36. The van der Waals surface area contributed by atoms with Gasteiger partial charge in [0.1, 0.15) is 6.04 Å². The molecule has 1 saturated carbocycles. The third-order valence-corrected chi connectivity index (χ3v) is 5.02. The van der Waals surface area contributed by atoms with E-state index in [9.17, 15) is 9.90 Å². The van der Waals surface area contributed by atoms with E-state index in [-0.39, 0.29) is 6.04 Å². The molecule has 1 aromatic rings. The molecule has 1 aliphatic carbocycles. The maximum absolute atomic E-state index is 11.4. The molecular weight excluding hydrogens is 268 g/mol.